The van der Waals surface area contributed by atoms with E-state index in [1.807, 2.05) is 26.8 Å². The third-order valence-electron chi connectivity index (χ3n) is 1.78. The topological polar surface area (TPSA) is 18.5 Å². The van der Waals surface area contributed by atoms with E-state index in [9.17, 15) is 0 Å². The average Bonchev–Trinajstić information content (AvgIpc) is 2.21. The molecule has 1 aromatic carbocycles. The van der Waals surface area contributed by atoms with Gasteiger partial charge in [0.2, 0.25) is 0 Å². The summed E-state index contributed by atoms with van der Waals surface area (Å²) in [5.41, 5.74) is 0.978. The van der Waals surface area contributed by atoms with E-state index < -0.39 is 0 Å². The van der Waals surface area contributed by atoms with Gasteiger partial charge in [-0.15, -0.1) is 0 Å². The standard InChI is InChI=1S/C9H10Br2O2.C2H6/c1-5-8(12-2)6(10)4-7(11)9(5)13-3;1-2/h4H,1-3H3;1-2H3. The maximum absolute atomic E-state index is 5.23. The highest BCUT2D eigenvalue weighted by atomic mass is 79.9. The van der Waals surface area contributed by atoms with Gasteiger partial charge in [-0.05, 0) is 44.8 Å². The van der Waals surface area contributed by atoms with Crippen LogP contribution in [-0.4, -0.2) is 14.2 Å². The minimum Gasteiger partial charge on any atom is -0.495 e. The van der Waals surface area contributed by atoms with Gasteiger partial charge in [0, 0.05) is 5.56 Å². The van der Waals surface area contributed by atoms with E-state index in [0.29, 0.717) is 0 Å². The Bertz CT molecular complexity index is 297. The summed E-state index contributed by atoms with van der Waals surface area (Å²) in [4.78, 5) is 0. The van der Waals surface area contributed by atoms with Crippen LogP contribution in [0.25, 0.3) is 0 Å². The minimum absolute atomic E-state index is 0.806. The molecular weight excluding hydrogens is 324 g/mol. The molecule has 1 rings (SSSR count). The van der Waals surface area contributed by atoms with Crippen molar-refractivity contribution in [2.75, 3.05) is 14.2 Å². The molecule has 0 saturated carbocycles. The molecule has 86 valence electrons. The normalized spacial score (nSPS) is 9.00. The quantitative estimate of drug-likeness (QED) is 0.786. The number of ether oxygens (including phenoxy) is 2. The number of rotatable bonds is 2. The van der Waals surface area contributed by atoms with Crippen LogP contribution in [-0.2, 0) is 0 Å². The second-order valence-electron chi connectivity index (χ2n) is 2.53. The van der Waals surface area contributed by atoms with E-state index in [1.54, 1.807) is 14.2 Å². The molecule has 0 atom stereocenters. The molecule has 15 heavy (non-hydrogen) atoms. The van der Waals surface area contributed by atoms with Gasteiger partial charge in [-0.25, -0.2) is 0 Å². The third-order valence-corrected chi connectivity index (χ3v) is 2.95. The Morgan fingerprint density at radius 1 is 0.933 bits per heavy atom. The van der Waals surface area contributed by atoms with Gasteiger partial charge in [0.25, 0.3) is 0 Å². The zero-order valence-electron chi connectivity index (χ0n) is 9.65. The Hall–Kier alpha value is -0.220. The lowest BCUT2D eigenvalue weighted by atomic mass is 10.2. The summed E-state index contributed by atoms with van der Waals surface area (Å²) in [6.45, 7) is 5.95. The molecule has 0 unspecified atom stereocenters. The van der Waals surface area contributed by atoms with Gasteiger partial charge >= 0.3 is 0 Å². The number of benzene rings is 1. The van der Waals surface area contributed by atoms with Crippen molar-refractivity contribution >= 4 is 31.9 Å². The Labute approximate surface area is 108 Å². The summed E-state index contributed by atoms with van der Waals surface area (Å²) in [6.07, 6.45) is 0. The van der Waals surface area contributed by atoms with E-state index in [4.69, 9.17) is 9.47 Å². The van der Waals surface area contributed by atoms with Crippen molar-refractivity contribution in [3.05, 3.63) is 20.6 Å². The van der Waals surface area contributed by atoms with Gasteiger partial charge in [0.1, 0.15) is 11.5 Å². The van der Waals surface area contributed by atoms with Crippen molar-refractivity contribution in [3.63, 3.8) is 0 Å². The van der Waals surface area contributed by atoms with E-state index in [1.165, 1.54) is 0 Å². The highest BCUT2D eigenvalue weighted by molar-refractivity contribution is 9.11. The molecule has 0 aliphatic heterocycles. The number of methoxy groups -OCH3 is 2. The van der Waals surface area contributed by atoms with E-state index in [-0.39, 0.29) is 0 Å². The molecule has 0 bridgehead atoms. The van der Waals surface area contributed by atoms with Crippen LogP contribution < -0.4 is 9.47 Å². The minimum atomic E-state index is 0.806. The Kier molecular flexibility index (Phi) is 7.02. The van der Waals surface area contributed by atoms with Gasteiger partial charge in [-0.3, -0.25) is 0 Å². The molecule has 0 spiro atoms. The first-order valence-electron chi connectivity index (χ1n) is 4.68. The monoisotopic (exact) mass is 338 g/mol. The summed E-state index contributed by atoms with van der Waals surface area (Å²) in [5.74, 6) is 1.61. The Balaban J connectivity index is 0.000000921. The molecule has 0 amide bonds. The summed E-state index contributed by atoms with van der Waals surface area (Å²) in [5, 5.41) is 0. The first-order chi connectivity index (χ1) is 7.11. The maximum atomic E-state index is 5.23. The molecule has 0 N–H and O–H groups in total. The van der Waals surface area contributed by atoms with Gasteiger partial charge in [0.15, 0.2) is 0 Å². The summed E-state index contributed by atoms with van der Waals surface area (Å²) in [6, 6.07) is 1.91. The first-order valence-corrected chi connectivity index (χ1v) is 6.27. The molecule has 0 heterocycles. The lowest BCUT2D eigenvalue weighted by Gasteiger charge is -2.12. The van der Waals surface area contributed by atoms with E-state index >= 15 is 0 Å². The highest BCUT2D eigenvalue weighted by Gasteiger charge is 2.13. The molecule has 0 saturated heterocycles. The fourth-order valence-corrected chi connectivity index (χ4v) is 2.89. The van der Waals surface area contributed by atoms with Crippen molar-refractivity contribution in [2.45, 2.75) is 20.8 Å². The Morgan fingerprint density at radius 2 is 1.27 bits per heavy atom. The maximum Gasteiger partial charge on any atom is 0.139 e. The second-order valence-corrected chi connectivity index (χ2v) is 4.24. The Morgan fingerprint density at radius 3 is 1.53 bits per heavy atom. The SMILES string of the molecule is CC.COc1c(Br)cc(Br)c(OC)c1C. The lowest BCUT2D eigenvalue weighted by Crippen LogP contribution is -1.94. The zero-order chi connectivity index (χ0) is 12.0. The van der Waals surface area contributed by atoms with Crippen molar-refractivity contribution in [1.29, 1.82) is 0 Å². The molecule has 2 nitrogen and oxygen atoms in total. The van der Waals surface area contributed by atoms with Crippen molar-refractivity contribution in [3.8, 4) is 11.5 Å². The predicted molar refractivity (Wildman–Crippen MR) is 71.0 cm³/mol. The molecule has 1 aromatic rings. The molecule has 0 aliphatic carbocycles. The second kappa shape index (κ2) is 7.12. The van der Waals surface area contributed by atoms with Crippen LogP contribution >= 0.6 is 31.9 Å². The van der Waals surface area contributed by atoms with E-state index in [2.05, 4.69) is 31.9 Å². The molecular formula is C11H16Br2O2. The van der Waals surface area contributed by atoms with Crippen LogP contribution in [0.4, 0.5) is 0 Å². The number of hydrogen-bond donors (Lipinski definition) is 0. The molecule has 0 radical (unpaired) electrons. The fourth-order valence-electron chi connectivity index (χ4n) is 1.20. The summed E-state index contributed by atoms with van der Waals surface area (Å²) >= 11 is 6.82. The van der Waals surface area contributed by atoms with Crippen LogP contribution in [0.15, 0.2) is 15.0 Å². The fraction of sp³-hybridized carbons (Fsp3) is 0.455. The van der Waals surface area contributed by atoms with Crippen molar-refractivity contribution in [2.24, 2.45) is 0 Å². The predicted octanol–water partition coefficient (Wildman–Crippen LogP) is 4.56. The van der Waals surface area contributed by atoms with Crippen LogP contribution in [0.3, 0.4) is 0 Å². The lowest BCUT2D eigenvalue weighted by molar-refractivity contribution is 0.385. The van der Waals surface area contributed by atoms with Gasteiger partial charge < -0.3 is 9.47 Å². The van der Waals surface area contributed by atoms with Crippen molar-refractivity contribution < 1.29 is 9.47 Å². The van der Waals surface area contributed by atoms with Gasteiger partial charge in [-0.2, -0.15) is 0 Å². The summed E-state index contributed by atoms with van der Waals surface area (Å²) in [7, 11) is 3.28. The largest absolute Gasteiger partial charge is 0.495 e. The molecule has 0 aliphatic rings. The van der Waals surface area contributed by atoms with Crippen LogP contribution in [0.1, 0.15) is 19.4 Å². The molecule has 4 heteroatoms. The zero-order valence-corrected chi connectivity index (χ0v) is 12.8. The van der Waals surface area contributed by atoms with Crippen LogP contribution in [0.5, 0.6) is 11.5 Å². The summed E-state index contributed by atoms with van der Waals surface area (Å²) < 4.78 is 12.3. The third kappa shape index (κ3) is 3.38. The van der Waals surface area contributed by atoms with Gasteiger partial charge in [-0.1, -0.05) is 13.8 Å². The number of halogens is 2. The molecule has 0 aromatic heterocycles. The highest BCUT2D eigenvalue weighted by Crippen LogP contribution is 2.40. The van der Waals surface area contributed by atoms with Crippen LogP contribution in [0, 0.1) is 6.92 Å². The van der Waals surface area contributed by atoms with Crippen molar-refractivity contribution in [1.82, 2.24) is 0 Å². The average molecular weight is 340 g/mol. The number of hydrogen-bond acceptors (Lipinski definition) is 2. The van der Waals surface area contributed by atoms with E-state index in [0.717, 1.165) is 26.0 Å². The first kappa shape index (κ1) is 14.8. The van der Waals surface area contributed by atoms with Crippen LogP contribution in [0.2, 0.25) is 0 Å². The van der Waals surface area contributed by atoms with Gasteiger partial charge in [0.05, 0.1) is 23.2 Å². The molecule has 0 fully saturated rings. The smallest absolute Gasteiger partial charge is 0.139 e.